The molecule has 3 nitrogen and oxygen atoms in total. The summed E-state index contributed by atoms with van der Waals surface area (Å²) in [5.41, 5.74) is -0.511. The number of methoxy groups -OCH3 is 1. The molecule has 2 fully saturated rings. The van der Waals surface area contributed by atoms with Gasteiger partial charge in [0, 0.05) is 22.5 Å². The van der Waals surface area contributed by atoms with Crippen LogP contribution in [0.5, 0.6) is 5.75 Å². The van der Waals surface area contributed by atoms with Crippen molar-refractivity contribution in [3.8, 4) is 17.6 Å². The van der Waals surface area contributed by atoms with Crippen molar-refractivity contribution in [3.63, 3.8) is 0 Å². The zero-order valence-electron chi connectivity index (χ0n) is 15.3. The fourth-order valence-electron chi connectivity index (χ4n) is 4.62. The van der Waals surface area contributed by atoms with E-state index in [9.17, 15) is 14.0 Å². The van der Waals surface area contributed by atoms with Gasteiger partial charge in [-0.15, -0.1) is 5.92 Å². The lowest BCUT2D eigenvalue weighted by atomic mass is 9.54. The number of ether oxygens (including phenoxy) is 1. The highest BCUT2D eigenvalue weighted by Gasteiger charge is 2.65. The summed E-state index contributed by atoms with van der Waals surface area (Å²) in [5.74, 6) is 3.40. The van der Waals surface area contributed by atoms with Gasteiger partial charge >= 0.3 is 0 Å². The third kappa shape index (κ3) is 2.25. The van der Waals surface area contributed by atoms with Crippen molar-refractivity contribution >= 4 is 11.6 Å². The van der Waals surface area contributed by atoms with Crippen LogP contribution < -0.4 is 4.74 Å². The van der Waals surface area contributed by atoms with Gasteiger partial charge in [-0.25, -0.2) is 4.39 Å². The Labute approximate surface area is 147 Å². The summed E-state index contributed by atoms with van der Waals surface area (Å²) in [4.78, 5) is 26.4. The van der Waals surface area contributed by atoms with Crippen molar-refractivity contribution in [2.24, 2.45) is 16.7 Å². The van der Waals surface area contributed by atoms with Crippen molar-refractivity contribution in [2.75, 3.05) is 7.11 Å². The number of hydrogen-bond donors (Lipinski definition) is 0. The van der Waals surface area contributed by atoms with Crippen molar-refractivity contribution in [1.82, 2.24) is 0 Å². The van der Waals surface area contributed by atoms with Gasteiger partial charge in [0.2, 0.25) is 0 Å². The molecule has 2 saturated carbocycles. The van der Waals surface area contributed by atoms with Gasteiger partial charge in [0.15, 0.2) is 11.6 Å². The first-order valence-electron chi connectivity index (χ1n) is 8.57. The van der Waals surface area contributed by atoms with Crippen molar-refractivity contribution in [1.29, 1.82) is 0 Å². The van der Waals surface area contributed by atoms with Crippen LogP contribution >= 0.6 is 0 Å². The first kappa shape index (κ1) is 17.7. The Balaban J connectivity index is 2.19. The largest absolute Gasteiger partial charge is 0.496 e. The van der Waals surface area contributed by atoms with E-state index in [0.29, 0.717) is 18.4 Å². The van der Waals surface area contributed by atoms with Gasteiger partial charge < -0.3 is 4.74 Å². The maximum absolute atomic E-state index is 14.9. The molecule has 0 N–H and O–H groups in total. The Bertz CT molecular complexity index is 828. The third-order valence-electron chi connectivity index (χ3n) is 6.53. The van der Waals surface area contributed by atoms with E-state index in [1.54, 1.807) is 13.0 Å². The molecule has 1 aromatic rings. The molecule has 0 radical (unpaired) electrons. The molecule has 0 saturated heterocycles. The summed E-state index contributed by atoms with van der Waals surface area (Å²) >= 11 is 0. The van der Waals surface area contributed by atoms with Crippen LogP contribution in [0.1, 0.15) is 57.6 Å². The molecule has 0 aromatic heterocycles. The number of rotatable bonds is 2. The first-order valence-corrected chi connectivity index (χ1v) is 8.57. The van der Waals surface area contributed by atoms with E-state index in [-0.39, 0.29) is 28.8 Å². The zero-order chi connectivity index (χ0) is 18.6. The molecular weight excluding hydrogens is 319 g/mol. The number of carbonyl (C=O) groups is 2. The lowest BCUT2D eigenvalue weighted by Crippen LogP contribution is -2.52. The van der Waals surface area contributed by atoms with Gasteiger partial charge in [0.05, 0.1) is 7.11 Å². The minimum absolute atomic E-state index is 0.0628. The van der Waals surface area contributed by atoms with E-state index >= 15 is 0 Å². The average molecular weight is 342 g/mol. The van der Waals surface area contributed by atoms with Gasteiger partial charge in [0.25, 0.3) is 0 Å². The fraction of sp³-hybridized carbons (Fsp3) is 0.524. The van der Waals surface area contributed by atoms with Crippen LogP contribution in [0.2, 0.25) is 0 Å². The van der Waals surface area contributed by atoms with Crippen molar-refractivity contribution in [3.05, 3.63) is 29.1 Å². The summed E-state index contributed by atoms with van der Waals surface area (Å²) in [5, 5.41) is 0. The summed E-state index contributed by atoms with van der Waals surface area (Å²) < 4.78 is 20.2. The smallest absolute Gasteiger partial charge is 0.154 e. The Kier molecular flexibility index (Phi) is 4.02. The van der Waals surface area contributed by atoms with Crippen LogP contribution in [-0.4, -0.2) is 18.7 Å². The number of hydrogen-bond acceptors (Lipinski definition) is 3. The first-order chi connectivity index (χ1) is 11.7. The van der Waals surface area contributed by atoms with E-state index in [1.165, 1.54) is 13.2 Å². The number of benzene rings is 1. The lowest BCUT2D eigenvalue weighted by molar-refractivity contribution is -0.149. The summed E-state index contributed by atoms with van der Waals surface area (Å²) in [7, 11) is 1.42. The Morgan fingerprint density at radius 3 is 2.52 bits per heavy atom. The third-order valence-corrected chi connectivity index (χ3v) is 6.53. The SMILES string of the molecule is CC#Cc1cc(F)c(C2C(=O)C3CCC(C)(C2=O)C3(C)C)c(OC)c1. The second-order valence-electron chi connectivity index (χ2n) is 7.79. The van der Waals surface area contributed by atoms with Gasteiger partial charge in [-0.2, -0.15) is 0 Å². The lowest BCUT2D eigenvalue weighted by Gasteiger charge is -2.46. The number of Topliss-reactive ketones (excluding diaryl/α,β-unsaturated/α-hetero) is 2. The number of fused-ring (bicyclic) bond motifs is 2. The minimum atomic E-state index is -1.09. The standard InChI is InChI=1S/C21H23FO3/c1-6-7-12-10-14(22)16(15(11-12)25-5)17-18(23)13-8-9-21(4,19(17)24)20(13,2)3/h10-11,13,17H,8-9H2,1-5H3. The topological polar surface area (TPSA) is 43.4 Å². The molecule has 4 heteroatoms. The highest BCUT2D eigenvalue weighted by molar-refractivity contribution is 6.14. The molecule has 3 atom stereocenters. The monoisotopic (exact) mass is 342 g/mol. The molecular formula is C21H23FO3. The number of halogens is 1. The quantitative estimate of drug-likeness (QED) is 0.605. The Morgan fingerprint density at radius 2 is 1.92 bits per heavy atom. The summed E-state index contributed by atoms with van der Waals surface area (Å²) in [6.45, 7) is 7.53. The molecule has 0 heterocycles. The van der Waals surface area contributed by atoms with Crippen molar-refractivity contribution < 1.29 is 18.7 Å². The minimum Gasteiger partial charge on any atom is -0.496 e. The second kappa shape index (κ2) is 5.69. The molecule has 0 aliphatic heterocycles. The maximum atomic E-state index is 14.9. The average Bonchev–Trinajstić information content (AvgIpc) is 2.73. The molecule has 2 aliphatic carbocycles. The number of carbonyl (C=O) groups excluding carboxylic acids is 2. The van der Waals surface area contributed by atoms with Crippen LogP contribution in [0.4, 0.5) is 4.39 Å². The van der Waals surface area contributed by atoms with Gasteiger partial charge in [0.1, 0.15) is 17.5 Å². The molecule has 0 amide bonds. The van der Waals surface area contributed by atoms with Crippen LogP contribution in [0, 0.1) is 34.4 Å². The van der Waals surface area contributed by atoms with Crippen LogP contribution in [0.25, 0.3) is 0 Å². The van der Waals surface area contributed by atoms with Crippen LogP contribution in [0.15, 0.2) is 12.1 Å². The van der Waals surface area contributed by atoms with Gasteiger partial charge in [-0.1, -0.05) is 26.7 Å². The van der Waals surface area contributed by atoms with Gasteiger partial charge in [-0.05, 0) is 37.3 Å². The maximum Gasteiger partial charge on any atom is 0.154 e. The van der Waals surface area contributed by atoms with Crippen LogP contribution in [-0.2, 0) is 9.59 Å². The molecule has 25 heavy (non-hydrogen) atoms. The van der Waals surface area contributed by atoms with E-state index in [1.807, 2.05) is 20.8 Å². The zero-order valence-corrected chi connectivity index (χ0v) is 15.3. The highest BCUT2D eigenvalue weighted by Crippen LogP contribution is 2.63. The fourth-order valence-corrected chi connectivity index (χ4v) is 4.62. The van der Waals surface area contributed by atoms with Gasteiger partial charge in [-0.3, -0.25) is 9.59 Å². The molecule has 0 spiro atoms. The summed E-state index contributed by atoms with van der Waals surface area (Å²) in [6.07, 6.45) is 1.34. The van der Waals surface area contributed by atoms with E-state index < -0.39 is 22.6 Å². The van der Waals surface area contributed by atoms with E-state index in [0.717, 1.165) is 0 Å². The summed E-state index contributed by atoms with van der Waals surface area (Å²) in [6, 6.07) is 2.87. The molecule has 132 valence electrons. The predicted molar refractivity (Wildman–Crippen MR) is 92.9 cm³/mol. The molecule has 1 aromatic carbocycles. The molecule has 2 bridgehead atoms. The molecule has 2 aliphatic rings. The molecule has 3 unspecified atom stereocenters. The van der Waals surface area contributed by atoms with E-state index in [4.69, 9.17) is 4.74 Å². The predicted octanol–water partition coefficient (Wildman–Crippen LogP) is 3.88. The Hall–Kier alpha value is -2.15. The van der Waals surface area contributed by atoms with Crippen LogP contribution in [0.3, 0.4) is 0 Å². The molecule has 3 rings (SSSR count). The second-order valence-corrected chi connectivity index (χ2v) is 7.79. The van der Waals surface area contributed by atoms with Crippen molar-refractivity contribution in [2.45, 2.75) is 46.5 Å². The van der Waals surface area contributed by atoms with E-state index in [2.05, 4.69) is 11.8 Å². The number of ketones is 2. The Morgan fingerprint density at radius 1 is 1.24 bits per heavy atom. The normalized spacial score (nSPS) is 30.0. The highest BCUT2D eigenvalue weighted by atomic mass is 19.1.